The Kier molecular flexibility index (Phi) is 21.7. The molecule has 18 heteroatoms. The van der Waals surface area contributed by atoms with Gasteiger partial charge in [-0.25, -0.2) is 0 Å². The SMILES string of the molecule is CCOC(=O)C(CC(=O)OC)SP(=S)(CO)OC.CCOC(=O)CC(SP(=S)(CO)OC)C(=O)OC. The van der Waals surface area contributed by atoms with Crippen LogP contribution in [-0.2, 0) is 70.8 Å². The van der Waals surface area contributed by atoms with Gasteiger partial charge in [-0.1, -0.05) is 46.4 Å². The minimum atomic E-state index is -2.58. The molecule has 0 amide bonds. The Hall–Kier alpha value is -0.280. The summed E-state index contributed by atoms with van der Waals surface area (Å²) in [6.07, 6.45) is -1.05. The summed E-state index contributed by atoms with van der Waals surface area (Å²) in [5.74, 6) is -2.22. The van der Waals surface area contributed by atoms with E-state index >= 15 is 0 Å². The van der Waals surface area contributed by atoms with E-state index in [9.17, 15) is 19.2 Å². The van der Waals surface area contributed by atoms with Gasteiger partial charge in [-0.05, 0) is 13.8 Å². The number of hydrogen-bond donors (Lipinski definition) is 2. The summed E-state index contributed by atoms with van der Waals surface area (Å²) >= 11 is 12.1. The number of methoxy groups -OCH3 is 2. The zero-order chi connectivity index (χ0) is 28.4. The lowest BCUT2D eigenvalue weighted by Gasteiger charge is -2.21. The highest BCUT2D eigenvalue weighted by molar-refractivity contribution is 8.70. The predicted octanol–water partition coefficient (Wildman–Crippen LogP) is 2.24. The van der Waals surface area contributed by atoms with E-state index in [0.29, 0.717) is 0 Å². The van der Waals surface area contributed by atoms with Crippen LogP contribution in [-0.4, -0.2) is 98.9 Å². The van der Waals surface area contributed by atoms with Crippen molar-refractivity contribution in [2.45, 2.75) is 37.2 Å². The summed E-state index contributed by atoms with van der Waals surface area (Å²) in [5, 5.41) is 16.7. The van der Waals surface area contributed by atoms with Gasteiger partial charge in [-0.2, -0.15) is 0 Å². The Balaban J connectivity index is 0. The molecule has 0 aromatic carbocycles. The molecule has 0 saturated carbocycles. The van der Waals surface area contributed by atoms with Gasteiger partial charge in [-0.15, -0.1) is 0 Å². The van der Waals surface area contributed by atoms with Gasteiger partial charge in [0.2, 0.25) is 0 Å². The summed E-state index contributed by atoms with van der Waals surface area (Å²) in [6.45, 7) is 3.77. The Morgan fingerprint density at radius 2 is 1.14 bits per heavy atom. The third-order valence-electron chi connectivity index (χ3n) is 3.73. The molecule has 4 unspecified atom stereocenters. The van der Waals surface area contributed by atoms with Crippen LogP contribution in [0.4, 0.5) is 0 Å². The van der Waals surface area contributed by atoms with Crippen LogP contribution in [0.1, 0.15) is 26.7 Å². The molecule has 0 radical (unpaired) electrons. The van der Waals surface area contributed by atoms with Crippen LogP contribution in [0.25, 0.3) is 0 Å². The lowest BCUT2D eigenvalue weighted by atomic mass is 10.3. The van der Waals surface area contributed by atoms with Crippen LogP contribution < -0.4 is 0 Å². The highest BCUT2D eigenvalue weighted by Crippen LogP contribution is 2.61. The Labute approximate surface area is 229 Å². The standard InChI is InChI=1S/2C9H17O6PS2/c1-4-15-8(11)5-7(9(12)13-2)18-16(17,6-10)14-3;1-4-15-9(12)7(5-8(11)13-2)18-16(17,6-10)14-3/h2*7,10H,4-6H2,1-3H3. The molecule has 0 aliphatic carbocycles. The van der Waals surface area contributed by atoms with Gasteiger partial charge < -0.3 is 38.2 Å². The Bertz CT molecular complexity index is 782. The van der Waals surface area contributed by atoms with E-state index in [-0.39, 0.29) is 38.8 Å². The second-order valence-electron chi connectivity index (χ2n) is 6.12. The molecule has 0 rings (SSSR count). The molecule has 212 valence electrons. The molecule has 0 fully saturated rings. The molecule has 4 atom stereocenters. The van der Waals surface area contributed by atoms with Crippen LogP contribution >= 0.6 is 33.7 Å². The number of aliphatic hydroxyl groups is 2. The summed E-state index contributed by atoms with van der Waals surface area (Å²) in [6, 6.07) is 0. The molecular weight excluding hydrogens is 598 g/mol. The minimum Gasteiger partial charge on any atom is -0.469 e. The number of carbonyl (C=O) groups is 4. The first-order valence-corrected chi connectivity index (χ1v) is 19.0. The van der Waals surface area contributed by atoms with Crippen molar-refractivity contribution >= 4 is 81.2 Å². The molecule has 36 heavy (non-hydrogen) atoms. The van der Waals surface area contributed by atoms with E-state index in [1.54, 1.807) is 13.8 Å². The van der Waals surface area contributed by atoms with Gasteiger partial charge in [0.1, 0.15) is 34.1 Å². The zero-order valence-electron chi connectivity index (χ0n) is 20.9. The fourth-order valence-corrected chi connectivity index (χ4v) is 10.1. The summed E-state index contributed by atoms with van der Waals surface area (Å²) < 4.78 is 28.8. The average molecular weight is 633 g/mol. The topological polar surface area (TPSA) is 164 Å². The van der Waals surface area contributed by atoms with Gasteiger partial charge in [0.25, 0.3) is 0 Å². The number of ether oxygens (including phenoxy) is 4. The molecule has 0 bridgehead atoms. The van der Waals surface area contributed by atoms with Crippen molar-refractivity contribution in [2.24, 2.45) is 0 Å². The highest BCUT2D eigenvalue weighted by Gasteiger charge is 2.32. The van der Waals surface area contributed by atoms with Crippen LogP contribution in [0.15, 0.2) is 0 Å². The molecule has 0 saturated heterocycles. The zero-order valence-corrected chi connectivity index (χ0v) is 26.0. The highest BCUT2D eigenvalue weighted by atomic mass is 32.9. The van der Waals surface area contributed by atoms with E-state index in [1.165, 1.54) is 28.4 Å². The molecule has 0 aliphatic rings. The molecule has 0 aliphatic heterocycles. The number of esters is 4. The normalized spacial score (nSPS) is 15.6. The van der Waals surface area contributed by atoms with Gasteiger partial charge in [-0.3, -0.25) is 19.2 Å². The van der Waals surface area contributed by atoms with Crippen molar-refractivity contribution in [3.8, 4) is 0 Å². The van der Waals surface area contributed by atoms with Gasteiger partial charge in [0.05, 0.1) is 40.3 Å². The lowest BCUT2D eigenvalue weighted by Crippen LogP contribution is -2.24. The first-order valence-electron chi connectivity index (χ1n) is 10.2. The van der Waals surface area contributed by atoms with Crippen LogP contribution in [0.3, 0.4) is 0 Å². The average Bonchev–Trinajstić information content (AvgIpc) is 2.87. The summed E-state index contributed by atoms with van der Waals surface area (Å²) in [5.41, 5.74) is -5.17. The maximum absolute atomic E-state index is 11.7. The lowest BCUT2D eigenvalue weighted by molar-refractivity contribution is -0.148. The fraction of sp³-hybridized carbons (Fsp3) is 0.778. The summed E-state index contributed by atoms with van der Waals surface area (Å²) in [4.78, 5) is 45.8. The minimum absolute atomic E-state index is 0.160. The van der Waals surface area contributed by atoms with Gasteiger partial charge in [0, 0.05) is 14.2 Å². The van der Waals surface area contributed by atoms with Crippen molar-refractivity contribution < 1.29 is 57.4 Å². The molecule has 12 nitrogen and oxygen atoms in total. The van der Waals surface area contributed by atoms with Crippen molar-refractivity contribution in [1.29, 1.82) is 0 Å². The third kappa shape index (κ3) is 15.9. The number of hydrogen-bond acceptors (Lipinski definition) is 16. The van der Waals surface area contributed by atoms with Crippen molar-refractivity contribution in [2.75, 3.05) is 54.3 Å². The molecule has 2 N–H and O–H groups in total. The molecule has 0 aromatic rings. The van der Waals surface area contributed by atoms with Crippen LogP contribution in [0.5, 0.6) is 0 Å². The monoisotopic (exact) mass is 632 g/mol. The van der Waals surface area contributed by atoms with Gasteiger partial charge in [0.15, 0.2) is 0 Å². The summed E-state index contributed by atoms with van der Waals surface area (Å²) in [7, 11) is 5.18. The van der Waals surface area contributed by atoms with Crippen LogP contribution in [0, 0.1) is 0 Å². The van der Waals surface area contributed by atoms with Crippen LogP contribution in [0.2, 0.25) is 0 Å². The van der Waals surface area contributed by atoms with E-state index in [1.807, 2.05) is 0 Å². The number of aliphatic hydroxyl groups excluding tert-OH is 2. The van der Waals surface area contributed by atoms with E-state index in [4.69, 9.17) is 52.3 Å². The molecule has 0 spiro atoms. The first kappa shape index (κ1) is 37.9. The molecule has 0 aromatic heterocycles. The van der Waals surface area contributed by atoms with Crippen molar-refractivity contribution in [3.05, 3.63) is 0 Å². The van der Waals surface area contributed by atoms with Gasteiger partial charge >= 0.3 is 23.9 Å². The van der Waals surface area contributed by atoms with E-state index < -0.39 is 45.3 Å². The molecular formula is C18H34O12P2S4. The largest absolute Gasteiger partial charge is 0.469 e. The third-order valence-corrected chi connectivity index (χ3v) is 15.6. The fourth-order valence-electron chi connectivity index (χ4n) is 1.96. The smallest absolute Gasteiger partial charge is 0.320 e. The maximum Gasteiger partial charge on any atom is 0.320 e. The second-order valence-corrected chi connectivity index (χ2v) is 21.2. The van der Waals surface area contributed by atoms with E-state index in [0.717, 1.165) is 22.8 Å². The Morgan fingerprint density at radius 1 is 0.722 bits per heavy atom. The van der Waals surface area contributed by atoms with Crippen molar-refractivity contribution in [1.82, 2.24) is 0 Å². The predicted molar refractivity (Wildman–Crippen MR) is 146 cm³/mol. The molecule has 0 heterocycles. The van der Waals surface area contributed by atoms with E-state index in [2.05, 4.69) is 9.47 Å². The van der Waals surface area contributed by atoms with Crippen molar-refractivity contribution in [3.63, 3.8) is 0 Å². The first-order chi connectivity index (χ1) is 16.8. The Morgan fingerprint density at radius 3 is 1.47 bits per heavy atom. The second kappa shape index (κ2) is 20.7. The quantitative estimate of drug-likeness (QED) is 0.144. The number of carbonyl (C=O) groups excluding carboxylic acids is 4. The number of rotatable bonds is 16. The maximum atomic E-state index is 11.7.